The number of alkyl halides is 3. The van der Waals surface area contributed by atoms with Crippen LogP contribution in [0.2, 0.25) is 0 Å². The van der Waals surface area contributed by atoms with Gasteiger partial charge >= 0.3 is 0 Å². The lowest BCUT2D eigenvalue weighted by Gasteiger charge is -1.69. The van der Waals surface area contributed by atoms with E-state index in [1.54, 1.807) is 0 Å². The van der Waals surface area contributed by atoms with Crippen LogP contribution >= 0.6 is 34.8 Å². The van der Waals surface area contributed by atoms with E-state index in [-0.39, 0.29) is 98.6 Å². The molecule has 0 radical (unpaired) electrons. The monoisotopic (exact) mass is 442 g/mol. The minimum absolute atomic E-state index is 0. The zero-order valence-corrected chi connectivity index (χ0v) is 13.0. The molecule has 0 aromatic heterocycles. The predicted molar refractivity (Wildman–Crippen MR) is 86.4 cm³/mol. The van der Waals surface area contributed by atoms with E-state index in [1.165, 1.54) is 0 Å². The van der Waals surface area contributed by atoms with Crippen LogP contribution in [0.1, 0.15) is 0 Å². The highest BCUT2D eigenvalue weighted by molar-refractivity contribution is 6.63. The van der Waals surface area contributed by atoms with Crippen LogP contribution in [0.15, 0.2) is 0 Å². The molecule has 0 unspecified atom stereocenters. The van der Waals surface area contributed by atoms with E-state index in [4.69, 9.17) is 34.8 Å². The smallest absolute Gasteiger partial charge is 0.180 e. The third-order valence-electron chi connectivity index (χ3n) is 0. The van der Waals surface area contributed by atoms with Crippen LogP contribution in [-0.2, 0) is 0 Å². The summed E-state index contributed by atoms with van der Waals surface area (Å²) in [5.74, 6) is 0. The molecule has 0 spiro atoms. The molecule has 0 aromatic carbocycles. The lowest BCUT2D eigenvalue weighted by atomic mass is 11.9. The molecule has 0 aromatic rings. The van der Waals surface area contributed by atoms with Gasteiger partial charge in [-0.15, -0.1) is 0 Å². The summed E-state index contributed by atoms with van der Waals surface area (Å²) < 4.78 is -0.750. The van der Waals surface area contributed by atoms with Gasteiger partial charge in [-0.25, -0.2) is 0 Å². The van der Waals surface area contributed by atoms with Crippen LogP contribution < -0.4 is 0 Å². The molecule has 18 nitrogen and oxygen atoms in total. The third kappa shape index (κ3) is 328000. The Labute approximate surface area is 138 Å². The van der Waals surface area contributed by atoms with Crippen molar-refractivity contribution in [1.82, 2.24) is 0 Å². The van der Waals surface area contributed by atoms with Gasteiger partial charge < -0.3 is 98.6 Å². The Morgan fingerprint density at radius 2 is 0.227 bits per heavy atom. The Bertz CT molecular complexity index is 23.0. The summed E-state index contributed by atoms with van der Waals surface area (Å²) in [5.41, 5.74) is 0. The Hall–Kier alpha value is 0.150. The number of rotatable bonds is 0. The quantitative estimate of drug-likeness (QED) is 0.314. The van der Waals surface area contributed by atoms with Gasteiger partial charge in [-0.3, -0.25) is 0 Å². The molecule has 0 fully saturated rings. The maximum absolute atomic E-state index is 4.81. The van der Waals surface area contributed by atoms with Crippen molar-refractivity contribution >= 4 is 34.8 Å². The normalized spacial score (nSPS) is 1.64. The van der Waals surface area contributed by atoms with Gasteiger partial charge in [-0.05, 0) is 0 Å². The fourth-order valence-corrected chi connectivity index (χ4v) is 0. The first kappa shape index (κ1) is 999. The first-order chi connectivity index (χ1) is 1.73. The fourth-order valence-electron chi connectivity index (χ4n) is 0. The summed E-state index contributed by atoms with van der Waals surface area (Å²) in [7, 11) is 0. The summed E-state index contributed by atoms with van der Waals surface area (Å²) in [5, 5.41) is 0. The first-order valence-corrected chi connectivity index (χ1v) is 1.96. The van der Waals surface area contributed by atoms with Gasteiger partial charge in [-0.1, -0.05) is 34.8 Å². The molecule has 0 amide bonds. The average Bonchev–Trinajstić information content (AvgIpc) is 0.811. The molecule has 0 heterocycles. The van der Waals surface area contributed by atoms with Crippen molar-refractivity contribution in [2.45, 2.75) is 4.30 Å². The molecule has 0 saturated heterocycles. The molecular weight excluding hydrogens is 406 g/mol. The van der Waals surface area contributed by atoms with Crippen molar-refractivity contribution in [3.05, 3.63) is 0 Å². The van der Waals surface area contributed by atoms with Crippen LogP contribution in [0.3, 0.4) is 0 Å². The highest BCUT2D eigenvalue weighted by Crippen LogP contribution is 2.03. The molecule has 0 aliphatic heterocycles. The summed E-state index contributed by atoms with van der Waals surface area (Å²) in [4.78, 5) is 0. The van der Waals surface area contributed by atoms with E-state index in [0.29, 0.717) is 0 Å². The summed E-state index contributed by atoms with van der Waals surface area (Å²) in [6, 6.07) is 0. The van der Waals surface area contributed by atoms with Gasteiger partial charge in [-0.2, -0.15) is 0 Å². The van der Waals surface area contributed by atoms with Crippen molar-refractivity contribution < 1.29 is 98.6 Å². The minimum atomic E-state index is -0.750. The van der Waals surface area contributed by atoms with Gasteiger partial charge in [0.15, 0.2) is 4.30 Å². The molecule has 36 N–H and O–H groups in total. The molecule has 0 atom stereocenters. The van der Waals surface area contributed by atoms with E-state index >= 15 is 0 Å². The van der Waals surface area contributed by atoms with Crippen molar-refractivity contribution in [3.63, 3.8) is 0 Å². The lowest BCUT2D eigenvalue weighted by molar-refractivity contribution is 0.823. The van der Waals surface area contributed by atoms with Crippen molar-refractivity contribution in [3.8, 4) is 0 Å². The number of hydrogen-bond acceptors (Lipinski definition) is 0. The highest BCUT2D eigenvalue weighted by Gasteiger charge is 1.78. The largest absolute Gasteiger partial charge is 0.412 e. The fraction of sp³-hybridized carbons (Fsp3) is 1.00. The van der Waals surface area contributed by atoms with E-state index in [1.807, 2.05) is 0 Å². The molecule has 21 heteroatoms. The predicted octanol–water partition coefficient (Wildman–Crippen LogP) is -12.9. The average molecular weight is 444 g/mol. The SMILES string of the molecule is ClC(Cl)Cl.O.O.O.O.O.O.O.O.O.O.O.O.O.O.O.O.O.O. The molecule has 22 heavy (non-hydrogen) atoms. The Balaban J connectivity index is -0.000000000294. The molecule has 0 aliphatic carbocycles. The molecule has 0 bridgehead atoms. The zero-order valence-electron chi connectivity index (χ0n) is 10.7. The minimum Gasteiger partial charge on any atom is -0.412 e. The maximum Gasteiger partial charge on any atom is 0.180 e. The van der Waals surface area contributed by atoms with E-state index in [0.717, 1.165) is 0 Å². The molecule has 0 saturated carbocycles. The van der Waals surface area contributed by atoms with Crippen LogP contribution in [-0.4, -0.2) is 103 Å². The molecule has 170 valence electrons. The van der Waals surface area contributed by atoms with E-state index in [2.05, 4.69) is 0 Å². The molecule has 0 aliphatic rings. The van der Waals surface area contributed by atoms with Gasteiger partial charge in [0.1, 0.15) is 0 Å². The van der Waals surface area contributed by atoms with E-state index < -0.39 is 4.30 Å². The van der Waals surface area contributed by atoms with Crippen LogP contribution in [0.4, 0.5) is 0 Å². The topological polar surface area (TPSA) is 567 Å². The highest BCUT2D eigenvalue weighted by atomic mass is 35.6. The molecule has 0 rings (SSSR count). The van der Waals surface area contributed by atoms with Crippen LogP contribution in [0.25, 0.3) is 0 Å². The summed E-state index contributed by atoms with van der Waals surface area (Å²) in [6.07, 6.45) is 0. The van der Waals surface area contributed by atoms with Gasteiger partial charge in [0.25, 0.3) is 0 Å². The maximum atomic E-state index is 4.81. The Morgan fingerprint density at radius 1 is 0.227 bits per heavy atom. The van der Waals surface area contributed by atoms with E-state index in [9.17, 15) is 0 Å². The van der Waals surface area contributed by atoms with Gasteiger partial charge in [0.05, 0.1) is 0 Å². The summed E-state index contributed by atoms with van der Waals surface area (Å²) >= 11 is 14.4. The second-order valence-electron chi connectivity index (χ2n) is 0.247. The Kier molecular flexibility index (Phi) is 39300. The zero-order chi connectivity index (χ0) is 3.58. The summed E-state index contributed by atoms with van der Waals surface area (Å²) in [6.45, 7) is 0. The van der Waals surface area contributed by atoms with Crippen LogP contribution in [0.5, 0.6) is 0 Å². The van der Waals surface area contributed by atoms with Gasteiger partial charge in [0, 0.05) is 0 Å². The second-order valence-corrected chi connectivity index (χ2v) is 2.23. The number of halogens is 3. The third-order valence-corrected chi connectivity index (χ3v) is 0. The van der Waals surface area contributed by atoms with Crippen molar-refractivity contribution in [2.24, 2.45) is 0 Å². The van der Waals surface area contributed by atoms with Crippen molar-refractivity contribution in [1.29, 1.82) is 0 Å². The van der Waals surface area contributed by atoms with Crippen molar-refractivity contribution in [2.75, 3.05) is 0 Å². The lowest BCUT2D eigenvalue weighted by Crippen LogP contribution is -1.55. The first-order valence-electron chi connectivity index (χ1n) is 0.655. The molecular formula is CH37Cl3O18. The van der Waals surface area contributed by atoms with Crippen LogP contribution in [0, 0.1) is 0 Å². The standard InChI is InChI=1S/CHCl3.18H2O/c2-1(3)4;;;;;;;;;;;;;;;;;;/h1H;18*1H2. The number of hydrogen-bond donors (Lipinski definition) is 0. The Morgan fingerprint density at radius 3 is 0.227 bits per heavy atom. The second kappa shape index (κ2) is 865. The van der Waals surface area contributed by atoms with Gasteiger partial charge in [0.2, 0.25) is 0 Å².